The van der Waals surface area contributed by atoms with E-state index < -0.39 is 0 Å². The highest BCUT2D eigenvalue weighted by molar-refractivity contribution is 5.85. The second kappa shape index (κ2) is 6.56. The van der Waals surface area contributed by atoms with Crippen molar-refractivity contribution in [2.75, 3.05) is 13.7 Å². The van der Waals surface area contributed by atoms with E-state index in [1.807, 2.05) is 6.92 Å². The Bertz CT molecular complexity index is 67.1. The Morgan fingerprint density at radius 2 is 2.25 bits per heavy atom. The average molecular weight is 140 g/mol. The normalized spacial score (nSPS) is 6.75. The molecule has 1 N–H and O–H groups in total. The maximum atomic E-state index is 10.1. The Labute approximate surface area is 54.8 Å². The van der Waals surface area contributed by atoms with Gasteiger partial charge in [-0.3, -0.25) is 0 Å². The number of alkyl carbamates (subject to hydrolysis) is 1. The lowest BCUT2D eigenvalue weighted by Crippen LogP contribution is -2.21. The molecule has 50 valence electrons. The minimum Gasteiger partial charge on any atom is -0.453 e. The van der Waals surface area contributed by atoms with E-state index in [9.17, 15) is 4.79 Å². The summed E-state index contributed by atoms with van der Waals surface area (Å²) in [6, 6.07) is 0. The predicted octanol–water partition coefficient (Wildman–Crippen LogP) is 0.784. The SMILES string of the molecule is CCNC(=O)OC.Cl. The second-order valence-electron chi connectivity index (χ2n) is 1.02. The molecule has 0 fully saturated rings. The third-order valence-corrected chi connectivity index (χ3v) is 0.507. The molecule has 0 aromatic carbocycles. The lowest BCUT2D eigenvalue weighted by Gasteiger charge is -1.95. The first-order valence-corrected chi connectivity index (χ1v) is 2.13. The number of hydrogen-bond acceptors (Lipinski definition) is 2. The molecule has 0 unspecified atom stereocenters. The molecule has 0 heterocycles. The molecule has 0 radical (unpaired) electrons. The van der Waals surface area contributed by atoms with Crippen LogP contribution in [0.2, 0.25) is 0 Å². The highest BCUT2D eigenvalue weighted by Crippen LogP contribution is 1.66. The van der Waals surface area contributed by atoms with Crippen molar-refractivity contribution in [2.24, 2.45) is 0 Å². The van der Waals surface area contributed by atoms with Gasteiger partial charge in [-0.15, -0.1) is 12.4 Å². The molecule has 0 aliphatic rings. The zero-order valence-corrected chi connectivity index (χ0v) is 5.75. The standard InChI is InChI=1S/C4H9NO2.ClH/c1-3-5-4(6)7-2;/h3H2,1-2H3,(H,5,6);1H. The van der Waals surface area contributed by atoms with E-state index >= 15 is 0 Å². The average Bonchev–Trinajstić information content (AvgIpc) is 1.68. The van der Waals surface area contributed by atoms with Crippen LogP contribution in [0.5, 0.6) is 0 Å². The second-order valence-corrected chi connectivity index (χ2v) is 1.02. The van der Waals surface area contributed by atoms with Crippen LogP contribution in [0.15, 0.2) is 0 Å². The molecule has 3 nitrogen and oxygen atoms in total. The minimum absolute atomic E-state index is 0. The molecule has 0 saturated carbocycles. The molecule has 0 aliphatic heterocycles. The van der Waals surface area contributed by atoms with Gasteiger partial charge >= 0.3 is 6.09 Å². The van der Waals surface area contributed by atoms with E-state index in [1.54, 1.807) is 0 Å². The van der Waals surface area contributed by atoms with E-state index in [-0.39, 0.29) is 18.5 Å². The number of nitrogens with one attached hydrogen (secondary N) is 1. The van der Waals surface area contributed by atoms with Gasteiger partial charge in [0.05, 0.1) is 7.11 Å². The first-order valence-electron chi connectivity index (χ1n) is 2.13. The largest absolute Gasteiger partial charge is 0.453 e. The van der Waals surface area contributed by atoms with Crippen LogP contribution < -0.4 is 5.32 Å². The molecule has 0 rings (SSSR count). The van der Waals surface area contributed by atoms with Gasteiger partial charge < -0.3 is 10.1 Å². The molecule has 0 aliphatic carbocycles. The lowest BCUT2D eigenvalue weighted by atomic mass is 10.8. The van der Waals surface area contributed by atoms with Gasteiger partial charge in [0.15, 0.2) is 0 Å². The summed E-state index contributed by atoms with van der Waals surface area (Å²) in [4.78, 5) is 10.1. The number of carbonyl (C=O) groups is 1. The smallest absolute Gasteiger partial charge is 0.406 e. The fraction of sp³-hybridized carbons (Fsp3) is 0.750. The summed E-state index contributed by atoms with van der Waals surface area (Å²) in [5.41, 5.74) is 0. The number of halogens is 1. The summed E-state index contributed by atoms with van der Waals surface area (Å²) >= 11 is 0. The van der Waals surface area contributed by atoms with Crippen LogP contribution in [0, 0.1) is 0 Å². The van der Waals surface area contributed by atoms with Gasteiger partial charge in [0.1, 0.15) is 0 Å². The maximum absolute atomic E-state index is 10.1. The highest BCUT2D eigenvalue weighted by atomic mass is 35.5. The summed E-state index contributed by atoms with van der Waals surface area (Å²) in [6.45, 7) is 2.45. The lowest BCUT2D eigenvalue weighted by molar-refractivity contribution is 0.171. The highest BCUT2D eigenvalue weighted by Gasteiger charge is 1.89. The molecule has 0 aromatic rings. The molecule has 0 spiro atoms. The fourth-order valence-electron chi connectivity index (χ4n) is 0.217. The molecule has 0 saturated heterocycles. The van der Waals surface area contributed by atoms with Crippen molar-refractivity contribution in [1.82, 2.24) is 5.32 Å². The molecular formula is C4H10ClNO2. The van der Waals surface area contributed by atoms with E-state index in [1.165, 1.54) is 7.11 Å². The zero-order chi connectivity index (χ0) is 5.70. The Kier molecular flexibility index (Phi) is 8.63. The van der Waals surface area contributed by atoms with Crippen LogP contribution in [-0.4, -0.2) is 19.7 Å². The van der Waals surface area contributed by atoms with Crippen LogP contribution in [0.3, 0.4) is 0 Å². The number of rotatable bonds is 1. The molecule has 0 atom stereocenters. The third-order valence-electron chi connectivity index (χ3n) is 0.507. The van der Waals surface area contributed by atoms with Crippen LogP contribution in [0.1, 0.15) is 6.92 Å². The van der Waals surface area contributed by atoms with Crippen LogP contribution in [0.4, 0.5) is 4.79 Å². The fourth-order valence-corrected chi connectivity index (χ4v) is 0.217. The quantitative estimate of drug-likeness (QED) is 0.583. The van der Waals surface area contributed by atoms with Gasteiger partial charge in [0, 0.05) is 6.54 Å². The summed E-state index contributed by atoms with van der Waals surface area (Å²) in [5, 5.41) is 2.43. The summed E-state index contributed by atoms with van der Waals surface area (Å²) in [5.74, 6) is 0. The first kappa shape index (κ1) is 10.5. The predicted molar refractivity (Wildman–Crippen MR) is 33.3 cm³/mol. The van der Waals surface area contributed by atoms with E-state index in [2.05, 4.69) is 10.1 Å². The number of ether oxygens (including phenoxy) is 1. The molecular weight excluding hydrogens is 130 g/mol. The van der Waals surface area contributed by atoms with Gasteiger partial charge in [-0.05, 0) is 6.92 Å². The van der Waals surface area contributed by atoms with Crippen molar-refractivity contribution < 1.29 is 9.53 Å². The minimum atomic E-state index is -0.373. The molecule has 1 amide bonds. The molecule has 0 aromatic heterocycles. The Hall–Kier alpha value is -0.440. The van der Waals surface area contributed by atoms with Crippen molar-refractivity contribution >= 4 is 18.5 Å². The Balaban J connectivity index is 0. The summed E-state index contributed by atoms with van der Waals surface area (Å²) in [7, 11) is 1.34. The number of amides is 1. The van der Waals surface area contributed by atoms with Crippen molar-refractivity contribution in [3.63, 3.8) is 0 Å². The van der Waals surface area contributed by atoms with Gasteiger partial charge in [-0.1, -0.05) is 0 Å². The number of carbonyl (C=O) groups excluding carboxylic acids is 1. The van der Waals surface area contributed by atoms with Crippen molar-refractivity contribution in [2.45, 2.75) is 6.92 Å². The molecule has 0 bridgehead atoms. The van der Waals surface area contributed by atoms with Crippen molar-refractivity contribution in [3.05, 3.63) is 0 Å². The van der Waals surface area contributed by atoms with Crippen LogP contribution in [-0.2, 0) is 4.74 Å². The molecule has 8 heavy (non-hydrogen) atoms. The van der Waals surface area contributed by atoms with E-state index in [0.29, 0.717) is 6.54 Å². The molecule has 4 heteroatoms. The van der Waals surface area contributed by atoms with Gasteiger partial charge in [-0.2, -0.15) is 0 Å². The first-order chi connectivity index (χ1) is 3.31. The van der Waals surface area contributed by atoms with Crippen LogP contribution in [0.25, 0.3) is 0 Å². The Morgan fingerprint density at radius 1 is 1.75 bits per heavy atom. The number of methoxy groups -OCH3 is 1. The van der Waals surface area contributed by atoms with Gasteiger partial charge in [0.25, 0.3) is 0 Å². The summed E-state index contributed by atoms with van der Waals surface area (Å²) < 4.78 is 4.24. The van der Waals surface area contributed by atoms with Gasteiger partial charge in [0.2, 0.25) is 0 Å². The third kappa shape index (κ3) is 5.56. The van der Waals surface area contributed by atoms with E-state index in [0.717, 1.165) is 0 Å². The monoisotopic (exact) mass is 139 g/mol. The zero-order valence-electron chi connectivity index (χ0n) is 4.93. The summed E-state index contributed by atoms with van der Waals surface area (Å²) in [6.07, 6.45) is -0.373. The topological polar surface area (TPSA) is 38.3 Å². The maximum Gasteiger partial charge on any atom is 0.406 e. The van der Waals surface area contributed by atoms with Gasteiger partial charge in [-0.25, -0.2) is 4.79 Å². The van der Waals surface area contributed by atoms with Crippen LogP contribution >= 0.6 is 12.4 Å². The van der Waals surface area contributed by atoms with Crippen molar-refractivity contribution in [1.29, 1.82) is 0 Å². The van der Waals surface area contributed by atoms with Crippen molar-refractivity contribution in [3.8, 4) is 0 Å². The van der Waals surface area contributed by atoms with E-state index in [4.69, 9.17) is 0 Å². The Morgan fingerprint density at radius 3 is 2.38 bits per heavy atom. The number of hydrogen-bond donors (Lipinski definition) is 1.